The lowest BCUT2D eigenvalue weighted by molar-refractivity contribution is -0.0183. The van der Waals surface area contributed by atoms with Crippen LogP contribution in [0.5, 0.6) is 12.0 Å². The van der Waals surface area contributed by atoms with Crippen molar-refractivity contribution in [2.75, 3.05) is 32.8 Å². The van der Waals surface area contributed by atoms with Crippen LogP contribution in [0.2, 0.25) is 0 Å². The number of carbonyl (C=O) groups excluding carboxylic acids is 1. The standard InChI is InChI=1S/C15H18FN5O6S2/c1-25-13-18-11(19-14(20-13)26-2)17-12(22)21-29(23,24)9-4-7-28-10(9)15(8-16)5-3-6-27-15/h4,7H,3,5-6,8H2,1-2H3,(H2,17,18,19,20,21,22). The normalized spacial score (nSPS) is 19.0. The molecule has 2 amide bonds. The van der Waals surface area contributed by atoms with Gasteiger partial charge in [0.25, 0.3) is 10.0 Å². The second kappa shape index (κ2) is 8.42. The number of hydrogen-bond acceptors (Lipinski definition) is 10. The third-order valence-electron chi connectivity index (χ3n) is 4.06. The number of anilines is 1. The number of amides is 2. The summed E-state index contributed by atoms with van der Waals surface area (Å²) in [7, 11) is -1.72. The molecule has 2 aromatic rings. The van der Waals surface area contributed by atoms with Gasteiger partial charge in [0.2, 0.25) is 5.95 Å². The lowest BCUT2D eigenvalue weighted by Crippen LogP contribution is -2.37. The van der Waals surface area contributed by atoms with E-state index in [0.717, 1.165) is 11.3 Å². The minimum Gasteiger partial charge on any atom is -0.467 e. The molecular weight excluding hydrogens is 429 g/mol. The number of methoxy groups -OCH3 is 2. The maximum absolute atomic E-state index is 13.7. The van der Waals surface area contributed by atoms with Crippen molar-refractivity contribution in [3.63, 3.8) is 0 Å². The summed E-state index contributed by atoms with van der Waals surface area (Å²) < 4.78 is 56.3. The Hall–Kier alpha value is -2.58. The molecular formula is C15H18FN5O6S2. The number of thiophene rings is 1. The molecule has 0 spiro atoms. The molecule has 0 bridgehead atoms. The number of halogens is 1. The third-order valence-corrected chi connectivity index (χ3v) is 6.67. The van der Waals surface area contributed by atoms with Gasteiger partial charge in [-0.1, -0.05) is 0 Å². The number of sulfonamides is 1. The Labute approximate surface area is 169 Å². The summed E-state index contributed by atoms with van der Waals surface area (Å²) in [6, 6.07) is -0.111. The van der Waals surface area contributed by atoms with E-state index in [1.165, 1.54) is 25.7 Å². The van der Waals surface area contributed by atoms with Gasteiger partial charge >= 0.3 is 18.1 Å². The minimum absolute atomic E-state index is 0.140. The highest BCUT2D eigenvalue weighted by Crippen LogP contribution is 2.42. The van der Waals surface area contributed by atoms with Gasteiger partial charge in [0.05, 0.1) is 19.1 Å². The summed E-state index contributed by atoms with van der Waals surface area (Å²) in [4.78, 5) is 23.5. The van der Waals surface area contributed by atoms with E-state index in [-0.39, 0.29) is 27.7 Å². The highest BCUT2D eigenvalue weighted by Gasteiger charge is 2.42. The molecule has 0 aliphatic carbocycles. The Morgan fingerprint density at radius 3 is 2.55 bits per heavy atom. The van der Waals surface area contributed by atoms with Crippen LogP contribution in [0, 0.1) is 0 Å². The van der Waals surface area contributed by atoms with Gasteiger partial charge in [-0.05, 0) is 24.3 Å². The van der Waals surface area contributed by atoms with Crippen LogP contribution in [0.15, 0.2) is 16.3 Å². The molecule has 2 aromatic heterocycles. The van der Waals surface area contributed by atoms with E-state index in [2.05, 4.69) is 20.3 Å². The quantitative estimate of drug-likeness (QED) is 0.644. The molecule has 1 aliphatic rings. The second-order valence-electron chi connectivity index (χ2n) is 5.89. The predicted octanol–water partition coefficient (Wildman–Crippen LogP) is 1.44. The van der Waals surface area contributed by atoms with Crippen molar-refractivity contribution in [2.24, 2.45) is 0 Å². The first kappa shape index (κ1) is 21.1. The summed E-state index contributed by atoms with van der Waals surface area (Å²) >= 11 is 1.06. The summed E-state index contributed by atoms with van der Waals surface area (Å²) in [5, 5.41) is 3.67. The molecule has 158 valence electrons. The van der Waals surface area contributed by atoms with Crippen LogP contribution >= 0.6 is 11.3 Å². The lowest BCUT2D eigenvalue weighted by Gasteiger charge is -2.25. The van der Waals surface area contributed by atoms with Gasteiger partial charge in [-0.15, -0.1) is 16.3 Å². The van der Waals surface area contributed by atoms with E-state index < -0.39 is 28.3 Å². The van der Waals surface area contributed by atoms with Gasteiger partial charge in [-0.25, -0.2) is 22.3 Å². The molecule has 29 heavy (non-hydrogen) atoms. The van der Waals surface area contributed by atoms with E-state index in [1.54, 1.807) is 0 Å². The van der Waals surface area contributed by atoms with Crippen LogP contribution in [0.1, 0.15) is 17.7 Å². The Morgan fingerprint density at radius 2 is 2.00 bits per heavy atom. The zero-order valence-electron chi connectivity index (χ0n) is 15.5. The van der Waals surface area contributed by atoms with Crippen molar-refractivity contribution in [3.05, 3.63) is 16.3 Å². The first-order chi connectivity index (χ1) is 13.8. The number of aromatic nitrogens is 3. The molecule has 1 saturated heterocycles. The largest absolute Gasteiger partial charge is 0.467 e. The number of hydrogen-bond donors (Lipinski definition) is 2. The Bertz CT molecular complexity index is 971. The minimum atomic E-state index is -4.32. The topological polar surface area (TPSA) is 142 Å². The molecule has 11 nitrogen and oxygen atoms in total. The molecule has 0 saturated carbocycles. The van der Waals surface area contributed by atoms with E-state index >= 15 is 0 Å². The van der Waals surface area contributed by atoms with Crippen molar-refractivity contribution in [1.82, 2.24) is 19.7 Å². The second-order valence-corrected chi connectivity index (χ2v) is 8.45. The van der Waals surface area contributed by atoms with Gasteiger partial charge in [0, 0.05) is 6.61 Å². The van der Waals surface area contributed by atoms with E-state index in [4.69, 9.17) is 14.2 Å². The number of carbonyl (C=O) groups is 1. The molecule has 2 N–H and O–H groups in total. The number of rotatable bonds is 7. The first-order valence-corrected chi connectivity index (χ1v) is 10.7. The highest BCUT2D eigenvalue weighted by atomic mass is 32.2. The molecule has 1 unspecified atom stereocenters. The van der Waals surface area contributed by atoms with Crippen molar-refractivity contribution >= 4 is 33.3 Å². The molecule has 3 heterocycles. The summed E-state index contributed by atoms with van der Waals surface area (Å²) in [5.74, 6) is -0.286. The molecule has 14 heteroatoms. The summed E-state index contributed by atoms with van der Waals surface area (Å²) in [5.41, 5.74) is -1.32. The van der Waals surface area contributed by atoms with Crippen LogP contribution in [0.4, 0.5) is 15.1 Å². The molecule has 0 aromatic carbocycles. The first-order valence-electron chi connectivity index (χ1n) is 8.29. The smallest absolute Gasteiger partial charge is 0.335 e. The van der Waals surface area contributed by atoms with Gasteiger partial charge < -0.3 is 14.2 Å². The van der Waals surface area contributed by atoms with Crippen LogP contribution in [-0.4, -0.2) is 56.9 Å². The lowest BCUT2D eigenvalue weighted by atomic mass is 10.00. The maximum Gasteiger partial charge on any atom is 0.335 e. The van der Waals surface area contributed by atoms with Crippen molar-refractivity contribution in [1.29, 1.82) is 0 Å². The van der Waals surface area contributed by atoms with Crippen LogP contribution in [-0.2, 0) is 20.4 Å². The molecule has 1 aliphatic heterocycles. The fraction of sp³-hybridized carbons (Fsp3) is 0.467. The van der Waals surface area contributed by atoms with Gasteiger partial charge in [0.15, 0.2) is 0 Å². The van der Waals surface area contributed by atoms with Crippen LogP contribution < -0.4 is 19.5 Å². The summed E-state index contributed by atoms with van der Waals surface area (Å²) in [6.45, 7) is -0.537. The van der Waals surface area contributed by atoms with Gasteiger partial charge in [-0.3, -0.25) is 5.32 Å². The highest BCUT2D eigenvalue weighted by molar-refractivity contribution is 7.90. The number of nitrogens with one attached hydrogen (secondary N) is 2. The number of alkyl halides is 1. The number of urea groups is 1. The zero-order valence-corrected chi connectivity index (χ0v) is 17.1. The predicted molar refractivity (Wildman–Crippen MR) is 99.4 cm³/mol. The van der Waals surface area contributed by atoms with Crippen LogP contribution in [0.3, 0.4) is 0 Å². The zero-order chi connectivity index (χ0) is 21.1. The van der Waals surface area contributed by atoms with Crippen molar-refractivity contribution < 1.29 is 31.8 Å². The fourth-order valence-corrected chi connectivity index (χ4v) is 5.36. The third kappa shape index (κ3) is 4.38. The number of ether oxygens (including phenoxy) is 3. The van der Waals surface area contributed by atoms with Gasteiger partial charge in [0.1, 0.15) is 17.2 Å². The number of nitrogens with zero attached hydrogens (tertiary/aromatic N) is 3. The molecule has 0 radical (unpaired) electrons. The molecule has 1 atom stereocenters. The maximum atomic E-state index is 13.7. The molecule has 3 rings (SSSR count). The van der Waals surface area contributed by atoms with E-state index in [9.17, 15) is 17.6 Å². The Morgan fingerprint density at radius 1 is 1.31 bits per heavy atom. The van der Waals surface area contributed by atoms with Gasteiger partial charge in [-0.2, -0.15) is 9.97 Å². The molecule has 1 fully saturated rings. The monoisotopic (exact) mass is 447 g/mol. The van der Waals surface area contributed by atoms with E-state index in [1.807, 2.05) is 4.72 Å². The summed E-state index contributed by atoms with van der Waals surface area (Å²) in [6.07, 6.45) is 0.960. The average Bonchev–Trinajstić information content (AvgIpc) is 3.37. The average molecular weight is 447 g/mol. The Kier molecular flexibility index (Phi) is 6.14. The van der Waals surface area contributed by atoms with Crippen LogP contribution in [0.25, 0.3) is 0 Å². The van der Waals surface area contributed by atoms with Crippen molar-refractivity contribution in [3.8, 4) is 12.0 Å². The van der Waals surface area contributed by atoms with Crippen molar-refractivity contribution in [2.45, 2.75) is 23.3 Å². The fourth-order valence-electron chi connectivity index (χ4n) is 2.76. The van der Waals surface area contributed by atoms with E-state index in [0.29, 0.717) is 19.4 Å². The Balaban J connectivity index is 1.80. The SMILES string of the molecule is COc1nc(NC(=O)NS(=O)(=O)c2ccsc2C2(CF)CCCO2)nc(OC)n1.